The molecule has 0 bridgehead atoms. The molecule has 0 amide bonds. The second-order valence-corrected chi connectivity index (χ2v) is 5.10. The summed E-state index contributed by atoms with van der Waals surface area (Å²) in [5.74, 6) is 1.66. The fourth-order valence-electron chi connectivity index (χ4n) is 2.01. The Bertz CT molecular complexity index is 586. The SMILES string of the molecule is COCCn1nc(-c2ccccn2)nc1CCC=C(C)C. The molecule has 0 aliphatic carbocycles. The van der Waals surface area contributed by atoms with Crippen molar-refractivity contribution in [3.05, 3.63) is 41.9 Å². The standard InChI is InChI=1S/C16H22N4O/c1-13(2)7-6-9-15-18-16(14-8-4-5-10-17-14)19-20(15)11-12-21-3/h4-5,7-8,10H,6,9,11-12H2,1-3H3. The zero-order valence-electron chi connectivity index (χ0n) is 12.9. The summed E-state index contributed by atoms with van der Waals surface area (Å²) < 4.78 is 7.07. The zero-order chi connectivity index (χ0) is 15.1. The van der Waals surface area contributed by atoms with Gasteiger partial charge in [-0.15, -0.1) is 5.10 Å². The highest BCUT2D eigenvalue weighted by molar-refractivity contribution is 5.47. The van der Waals surface area contributed by atoms with Crippen LogP contribution in [0.15, 0.2) is 36.0 Å². The number of hydrogen-bond acceptors (Lipinski definition) is 4. The summed E-state index contributed by atoms with van der Waals surface area (Å²) in [7, 11) is 1.69. The van der Waals surface area contributed by atoms with E-state index in [1.54, 1.807) is 13.3 Å². The molecule has 2 aromatic heterocycles. The highest BCUT2D eigenvalue weighted by Gasteiger charge is 2.11. The molecule has 0 N–H and O–H groups in total. The number of hydrogen-bond donors (Lipinski definition) is 0. The van der Waals surface area contributed by atoms with Gasteiger partial charge in [0.05, 0.1) is 13.2 Å². The van der Waals surface area contributed by atoms with Crippen LogP contribution in [0.3, 0.4) is 0 Å². The number of rotatable bonds is 7. The third-order valence-electron chi connectivity index (χ3n) is 3.07. The Balaban J connectivity index is 2.20. The molecule has 0 aliphatic heterocycles. The van der Waals surface area contributed by atoms with Crippen molar-refractivity contribution >= 4 is 0 Å². The Morgan fingerprint density at radius 2 is 2.19 bits per heavy atom. The van der Waals surface area contributed by atoms with E-state index >= 15 is 0 Å². The summed E-state index contributed by atoms with van der Waals surface area (Å²) in [4.78, 5) is 8.95. The smallest absolute Gasteiger partial charge is 0.200 e. The molecule has 0 atom stereocenters. The molecule has 2 heterocycles. The van der Waals surface area contributed by atoms with Crippen molar-refractivity contribution in [3.8, 4) is 11.5 Å². The van der Waals surface area contributed by atoms with Gasteiger partial charge in [0.2, 0.25) is 0 Å². The summed E-state index contributed by atoms with van der Waals surface area (Å²) in [6.45, 7) is 5.55. The minimum Gasteiger partial charge on any atom is -0.383 e. The van der Waals surface area contributed by atoms with E-state index in [9.17, 15) is 0 Å². The minimum absolute atomic E-state index is 0.626. The lowest BCUT2D eigenvalue weighted by Crippen LogP contribution is -2.10. The fourth-order valence-corrected chi connectivity index (χ4v) is 2.01. The molecule has 0 aromatic carbocycles. The van der Waals surface area contributed by atoms with Gasteiger partial charge in [0, 0.05) is 19.7 Å². The quantitative estimate of drug-likeness (QED) is 0.734. The number of allylic oxidation sites excluding steroid dienone is 2. The molecule has 0 aliphatic rings. The second kappa shape index (κ2) is 7.69. The van der Waals surface area contributed by atoms with Gasteiger partial charge >= 0.3 is 0 Å². The van der Waals surface area contributed by atoms with Gasteiger partial charge in [0.15, 0.2) is 5.82 Å². The van der Waals surface area contributed by atoms with E-state index in [2.05, 4.69) is 35.0 Å². The van der Waals surface area contributed by atoms with Crippen LogP contribution in [-0.2, 0) is 17.7 Å². The van der Waals surface area contributed by atoms with E-state index < -0.39 is 0 Å². The fraction of sp³-hybridized carbons (Fsp3) is 0.438. The maximum absolute atomic E-state index is 5.14. The van der Waals surface area contributed by atoms with Gasteiger partial charge in [-0.2, -0.15) is 0 Å². The maximum atomic E-state index is 5.14. The second-order valence-electron chi connectivity index (χ2n) is 5.10. The number of aromatic nitrogens is 4. The van der Waals surface area contributed by atoms with Crippen molar-refractivity contribution in [1.82, 2.24) is 19.7 Å². The lowest BCUT2D eigenvalue weighted by Gasteiger charge is -2.03. The van der Waals surface area contributed by atoms with E-state index in [0.717, 1.165) is 24.4 Å². The van der Waals surface area contributed by atoms with Gasteiger partial charge in [-0.1, -0.05) is 17.7 Å². The van der Waals surface area contributed by atoms with Crippen molar-refractivity contribution < 1.29 is 4.74 Å². The minimum atomic E-state index is 0.626. The van der Waals surface area contributed by atoms with E-state index in [1.807, 2.05) is 22.9 Å². The van der Waals surface area contributed by atoms with E-state index in [1.165, 1.54) is 5.57 Å². The average molecular weight is 286 g/mol. The predicted molar refractivity (Wildman–Crippen MR) is 82.9 cm³/mol. The molecule has 0 saturated heterocycles. The first-order valence-electron chi connectivity index (χ1n) is 7.18. The molecule has 0 spiro atoms. The first-order valence-corrected chi connectivity index (χ1v) is 7.18. The lowest BCUT2D eigenvalue weighted by molar-refractivity contribution is 0.182. The average Bonchev–Trinajstić information content (AvgIpc) is 2.89. The van der Waals surface area contributed by atoms with Gasteiger partial charge in [0.25, 0.3) is 0 Å². The van der Waals surface area contributed by atoms with Crippen LogP contribution >= 0.6 is 0 Å². The van der Waals surface area contributed by atoms with Crippen LogP contribution in [0.4, 0.5) is 0 Å². The number of pyridine rings is 1. The summed E-state index contributed by atoms with van der Waals surface area (Å²) in [6.07, 6.45) is 5.81. The van der Waals surface area contributed by atoms with Crippen LogP contribution in [0, 0.1) is 0 Å². The van der Waals surface area contributed by atoms with Crippen LogP contribution in [-0.4, -0.2) is 33.5 Å². The van der Waals surface area contributed by atoms with Gasteiger partial charge < -0.3 is 4.74 Å². The maximum Gasteiger partial charge on any atom is 0.200 e. The predicted octanol–water partition coefficient (Wildman–Crippen LogP) is 2.89. The Morgan fingerprint density at radius 3 is 2.86 bits per heavy atom. The molecule has 2 rings (SSSR count). The molecule has 0 radical (unpaired) electrons. The third kappa shape index (κ3) is 4.49. The van der Waals surface area contributed by atoms with Gasteiger partial charge in [-0.05, 0) is 32.4 Å². The Morgan fingerprint density at radius 1 is 1.33 bits per heavy atom. The number of nitrogens with zero attached hydrogens (tertiary/aromatic N) is 4. The molecule has 0 fully saturated rings. The van der Waals surface area contributed by atoms with Crippen LogP contribution in [0.25, 0.3) is 11.5 Å². The van der Waals surface area contributed by atoms with Crippen molar-refractivity contribution in [2.45, 2.75) is 33.2 Å². The summed E-state index contributed by atoms with van der Waals surface area (Å²) in [6, 6.07) is 5.76. The van der Waals surface area contributed by atoms with Gasteiger partial charge in [-0.3, -0.25) is 4.98 Å². The Kier molecular flexibility index (Phi) is 5.63. The van der Waals surface area contributed by atoms with E-state index in [0.29, 0.717) is 19.0 Å². The number of ether oxygens (including phenoxy) is 1. The monoisotopic (exact) mass is 286 g/mol. The topological polar surface area (TPSA) is 52.8 Å². The summed E-state index contributed by atoms with van der Waals surface area (Å²) in [5.41, 5.74) is 2.13. The van der Waals surface area contributed by atoms with Crippen molar-refractivity contribution in [1.29, 1.82) is 0 Å². The highest BCUT2D eigenvalue weighted by Crippen LogP contribution is 2.13. The van der Waals surface area contributed by atoms with E-state index in [-0.39, 0.29) is 0 Å². The summed E-state index contributed by atoms with van der Waals surface area (Å²) in [5, 5.41) is 4.56. The first-order chi connectivity index (χ1) is 10.2. The molecule has 2 aromatic rings. The summed E-state index contributed by atoms with van der Waals surface area (Å²) >= 11 is 0. The molecule has 5 heteroatoms. The van der Waals surface area contributed by atoms with Crippen molar-refractivity contribution in [3.63, 3.8) is 0 Å². The first kappa shape index (κ1) is 15.4. The van der Waals surface area contributed by atoms with Gasteiger partial charge in [-0.25, -0.2) is 9.67 Å². The van der Waals surface area contributed by atoms with Gasteiger partial charge in [0.1, 0.15) is 11.5 Å². The van der Waals surface area contributed by atoms with E-state index in [4.69, 9.17) is 4.74 Å². The normalized spacial score (nSPS) is 10.6. The highest BCUT2D eigenvalue weighted by atomic mass is 16.5. The zero-order valence-corrected chi connectivity index (χ0v) is 12.9. The largest absolute Gasteiger partial charge is 0.383 e. The van der Waals surface area contributed by atoms with Crippen molar-refractivity contribution in [2.75, 3.05) is 13.7 Å². The lowest BCUT2D eigenvalue weighted by atomic mass is 10.2. The van der Waals surface area contributed by atoms with Crippen LogP contribution in [0.1, 0.15) is 26.1 Å². The van der Waals surface area contributed by atoms with Crippen LogP contribution < -0.4 is 0 Å². The number of methoxy groups -OCH3 is 1. The molecule has 0 unspecified atom stereocenters. The van der Waals surface area contributed by atoms with Crippen LogP contribution in [0.2, 0.25) is 0 Å². The molecule has 0 saturated carbocycles. The molecule has 112 valence electrons. The van der Waals surface area contributed by atoms with Crippen LogP contribution in [0.5, 0.6) is 0 Å². The van der Waals surface area contributed by atoms with Crippen molar-refractivity contribution in [2.24, 2.45) is 0 Å². The Hall–Kier alpha value is -2.01. The third-order valence-corrected chi connectivity index (χ3v) is 3.07. The molecule has 21 heavy (non-hydrogen) atoms. The molecular formula is C16H22N4O. The molecular weight excluding hydrogens is 264 g/mol. The number of aryl methyl sites for hydroxylation is 1. The molecule has 5 nitrogen and oxygen atoms in total. The Labute approximate surface area is 125 Å².